The molecule has 0 saturated carbocycles. The maximum atomic E-state index is 10.8. The number of benzene rings is 3. The molecule has 12 nitrogen and oxygen atoms in total. The molecule has 0 unspecified atom stereocenters. The number of Topliss-reactive ketones (excluding diaryl/α,β-unsaturated/α-hetero) is 2. The van der Waals surface area contributed by atoms with Crippen molar-refractivity contribution in [3.8, 4) is 0 Å². The second kappa shape index (κ2) is 19.1. The molecule has 1 radical (unpaired) electrons. The number of nitrogens with zero attached hydrogens (tertiary/aromatic N) is 3. The molecule has 0 atom stereocenters. The van der Waals surface area contributed by atoms with Crippen LogP contribution in [0.3, 0.4) is 0 Å². The third-order valence-corrected chi connectivity index (χ3v) is 4.17. The van der Waals surface area contributed by atoms with E-state index in [2.05, 4.69) is 0 Å². The normalized spacial score (nSPS) is 8.74. The van der Waals surface area contributed by atoms with Gasteiger partial charge in [-0.1, -0.05) is 13.8 Å². The fourth-order valence-corrected chi connectivity index (χ4v) is 2.29. The molecular weight excluding hydrogens is 575 g/mol. The summed E-state index contributed by atoms with van der Waals surface area (Å²) in [5.74, 6) is -0.185. The largest absolute Gasteiger partial charge is 0.376 e. The Morgan fingerprint density at radius 2 is 0.816 bits per heavy atom. The van der Waals surface area contributed by atoms with Gasteiger partial charge in [0.1, 0.15) is 0 Å². The van der Waals surface area contributed by atoms with Gasteiger partial charge in [0.2, 0.25) is 5.69 Å². The summed E-state index contributed by atoms with van der Waals surface area (Å²) in [6, 6.07) is 16.3. The minimum absolute atomic E-state index is 0. The van der Waals surface area contributed by atoms with Gasteiger partial charge in [-0.3, -0.25) is 39.9 Å². The van der Waals surface area contributed by atoms with E-state index >= 15 is 0 Å². The van der Waals surface area contributed by atoms with E-state index in [0.717, 1.165) is 0 Å². The number of hydrogen-bond donors (Lipinski definition) is 0. The van der Waals surface area contributed by atoms with E-state index in [1.54, 1.807) is 6.29 Å². The quantitative estimate of drug-likeness (QED) is 0.149. The zero-order valence-electron chi connectivity index (χ0n) is 21.0. The molecule has 0 amide bonds. The second-order valence-corrected chi connectivity index (χ2v) is 6.63. The van der Waals surface area contributed by atoms with Gasteiger partial charge in [-0.2, -0.15) is 17.7 Å². The third kappa shape index (κ3) is 13.3. The van der Waals surface area contributed by atoms with Gasteiger partial charge in [0.05, 0.1) is 21.1 Å². The standard InChI is InChI=1S/2C8H7NO3.C7H4NO3.C2H6.Y/c2*1-6(10)7-2-4-8(5-3-7)9(11)12;9-5-6-1-3-7(4-2-6)8(10)11;1-2;/h2*2-5H,1H3;1-4H;1-2H3;/q;;-1;;. The molecule has 0 aliphatic carbocycles. The monoisotopic (exact) mass is 599 g/mol. The molecule has 197 valence electrons. The number of nitro groups is 3. The Bertz CT molecular complexity index is 1090. The molecule has 0 aliphatic heterocycles. The van der Waals surface area contributed by atoms with Crippen molar-refractivity contribution in [1.29, 1.82) is 0 Å². The molecular formula is C25H24N3O9Y-. The smallest absolute Gasteiger partial charge is 0.269 e. The maximum absolute atomic E-state index is 10.8. The molecule has 0 aromatic heterocycles. The Hall–Kier alpha value is -4.03. The van der Waals surface area contributed by atoms with Crippen LogP contribution in [0.15, 0.2) is 72.8 Å². The van der Waals surface area contributed by atoms with E-state index in [-0.39, 0.29) is 61.3 Å². The van der Waals surface area contributed by atoms with Crippen molar-refractivity contribution in [2.45, 2.75) is 27.7 Å². The zero-order valence-corrected chi connectivity index (χ0v) is 23.9. The van der Waals surface area contributed by atoms with Gasteiger partial charge in [0.15, 0.2) is 11.6 Å². The molecule has 0 N–H and O–H groups in total. The average Bonchev–Trinajstić information content (AvgIpc) is 2.90. The summed E-state index contributed by atoms with van der Waals surface area (Å²) >= 11 is 0. The number of carbonyl (C=O) groups excluding carboxylic acids is 3. The third-order valence-electron chi connectivity index (χ3n) is 4.17. The minimum Gasteiger partial charge on any atom is -0.376 e. The second-order valence-electron chi connectivity index (χ2n) is 6.63. The fourth-order valence-electron chi connectivity index (χ4n) is 2.29. The first kappa shape index (κ1) is 36.1. The van der Waals surface area contributed by atoms with Crippen LogP contribution in [-0.2, 0) is 37.5 Å². The van der Waals surface area contributed by atoms with Crippen LogP contribution in [0.25, 0.3) is 0 Å². The number of nitro benzene ring substituents is 3. The summed E-state index contributed by atoms with van der Waals surface area (Å²) < 4.78 is 0. The molecule has 0 heterocycles. The fraction of sp³-hybridized carbons (Fsp3) is 0.160. The predicted molar refractivity (Wildman–Crippen MR) is 135 cm³/mol. The number of non-ortho nitro benzene ring substituents is 3. The maximum Gasteiger partial charge on any atom is 0.269 e. The summed E-state index contributed by atoms with van der Waals surface area (Å²) in [4.78, 5) is 60.5. The Balaban J connectivity index is 0. The summed E-state index contributed by atoms with van der Waals surface area (Å²) in [5.41, 5.74) is 1.26. The molecule has 13 heteroatoms. The molecule has 0 spiro atoms. The molecule has 0 fully saturated rings. The van der Waals surface area contributed by atoms with E-state index < -0.39 is 14.8 Å². The van der Waals surface area contributed by atoms with Crippen LogP contribution in [0.5, 0.6) is 0 Å². The van der Waals surface area contributed by atoms with Crippen molar-refractivity contribution in [2.75, 3.05) is 0 Å². The van der Waals surface area contributed by atoms with Gasteiger partial charge in [-0.25, -0.2) is 0 Å². The van der Waals surface area contributed by atoms with Crippen molar-refractivity contribution < 1.29 is 61.9 Å². The predicted octanol–water partition coefficient (Wildman–Crippen LogP) is 5.67. The van der Waals surface area contributed by atoms with Gasteiger partial charge in [0.25, 0.3) is 11.4 Å². The summed E-state index contributed by atoms with van der Waals surface area (Å²) in [6.45, 7) is 6.84. The van der Waals surface area contributed by atoms with E-state index in [1.807, 2.05) is 13.8 Å². The van der Waals surface area contributed by atoms with Crippen LogP contribution in [0.2, 0.25) is 0 Å². The van der Waals surface area contributed by atoms with E-state index in [1.165, 1.54) is 86.6 Å². The Morgan fingerprint density at radius 3 is 1.00 bits per heavy atom. The van der Waals surface area contributed by atoms with Crippen LogP contribution in [-0.4, -0.2) is 32.6 Å². The SMILES string of the molecule is CC.CC(=O)c1ccc([N+](=O)[O-])cc1.CC(=O)c1ccc([N+](=O)[O-])cc1.O=[C-]c1ccc([N+](=O)[O-])cc1.[Y]. The van der Waals surface area contributed by atoms with Crippen LogP contribution >= 0.6 is 0 Å². The topological polar surface area (TPSA) is 181 Å². The zero-order chi connectivity index (χ0) is 28.5. The van der Waals surface area contributed by atoms with Crippen molar-refractivity contribution in [1.82, 2.24) is 0 Å². The van der Waals surface area contributed by atoms with Crippen molar-refractivity contribution in [3.63, 3.8) is 0 Å². The number of rotatable bonds is 6. The van der Waals surface area contributed by atoms with Gasteiger partial charge in [-0.05, 0) is 50.2 Å². The van der Waals surface area contributed by atoms with Crippen LogP contribution in [0, 0.1) is 30.3 Å². The Morgan fingerprint density at radius 1 is 0.579 bits per heavy atom. The van der Waals surface area contributed by atoms with E-state index in [4.69, 9.17) is 0 Å². The molecule has 3 aromatic carbocycles. The first-order valence-electron chi connectivity index (χ1n) is 10.6. The van der Waals surface area contributed by atoms with Gasteiger partial charge >= 0.3 is 0 Å². The molecule has 3 rings (SSSR count). The summed E-state index contributed by atoms with van der Waals surface area (Å²) in [5, 5.41) is 30.5. The summed E-state index contributed by atoms with van der Waals surface area (Å²) in [7, 11) is 0. The van der Waals surface area contributed by atoms with E-state index in [0.29, 0.717) is 16.7 Å². The minimum atomic E-state index is -0.519. The Labute approximate surface area is 243 Å². The molecule has 0 saturated heterocycles. The average molecular weight is 599 g/mol. The van der Waals surface area contributed by atoms with Crippen molar-refractivity contribution in [3.05, 3.63) is 120 Å². The van der Waals surface area contributed by atoms with Gasteiger partial charge in [0, 0.05) is 68.1 Å². The van der Waals surface area contributed by atoms with Crippen molar-refractivity contribution >= 4 is 34.9 Å². The van der Waals surface area contributed by atoms with Crippen LogP contribution < -0.4 is 0 Å². The first-order chi connectivity index (χ1) is 17.5. The van der Waals surface area contributed by atoms with Gasteiger partial charge in [-0.15, -0.1) is 0 Å². The summed E-state index contributed by atoms with van der Waals surface area (Å²) in [6.07, 6.45) is 1.62. The number of ketones is 2. The molecule has 3 aromatic rings. The molecule has 0 aliphatic rings. The van der Waals surface area contributed by atoms with Crippen LogP contribution in [0.1, 0.15) is 54.0 Å². The first-order valence-corrected chi connectivity index (χ1v) is 10.6. The van der Waals surface area contributed by atoms with Gasteiger partial charge < -0.3 is 4.79 Å². The molecule has 0 bridgehead atoms. The van der Waals surface area contributed by atoms with E-state index in [9.17, 15) is 44.7 Å². The Kier molecular flexibility index (Phi) is 18.2. The number of hydrogen-bond acceptors (Lipinski definition) is 9. The van der Waals surface area contributed by atoms with Crippen LogP contribution in [0.4, 0.5) is 17.1 Å². The number of carbonyl (C=O) groups is 2. The van der Waals surface area contributed by atoms with Crippen molar-refractivity contribution in [2.24, 2.45) is 0 Å². The molecule has 38 heavy (non-hydrogen) atoms.